The molecule has 1 N–H and O–H groups in total. The number of nitrogens with one attached hydrogen (secondary N) is 1. The highest BCUT2D eigenvalue weighted by Gasteiger charge is 2.13. The molecule has 108 valence electrons. The molecule has 0 heterocycles. The highest BCUT2D eigenvalue weighted by molar-refractivity contribution is 6.30. The number of hydrogen-bond donors (Lipinski definition) is 1. The van der Waals surface area contributed by atoms with Crippen molar-refractivity contribution in [1.82, 2.24) is 5.32 Å². The van der Waals surface area contributed by atoms with Gasteiger partial charge in [0.15, 0.2) is 11.5 Å². The quantitative estimate of drug-likeness (QED) is 0.786. The van der Waals surface area contributed by atoms with E-state index in [0.29, 0.717) is 23.3 Å². The fourth-order valence-corrected chi connectivity index (χ4v) is 1.90. The standard InChI is InChI=1S/C15H24ClNO2/c1-5-11(3)10-19-15-12(9-17-6-2)7-13(16)8-14(15)18-4/h7-8,11,17H,5-6,9-10H2,1-4H3. The third kappa shape index (κ3) is 4.92. The summed E-state index contributed by atoms with van der Waals surface area (Å²) < 4.78 is 11.3. The second-order valence-corrected chi connectivity index (χ2v) is 5.14. The summed E-state index contributed by atoms with van der Waals surface area (Å²) in [5, 5.41) is 3.96. The number of halogens is 1. The molecule has 0 aromatic heterocycles. The molecule has 0 aliphatic heterocycles. The van der Waals surface area contributed by atoms with E-state index in [-0.39, 0.29) is 0 Å². The van der Waals surface area contributed by atoms with E-state index < -0.39 is 0 Å². The molecular formula is C15H24ClNO2. The van der Waals surface area contributed by atoms with Crippen LogP contribution in [0.4, 0.5) is 0 Å². The molecule has 0 aliphatic rings. The van der Waals surface area contributed by atoms with E-state index in [4.69, 9.17) is 21.1 Å². The van der Waals surface area contributed by atoms with E-state index in [2.05, 4.69) is 26.1 Å². The average molecular weight is 286 g/mol. The van der Waals surface area contributed by atoms with Crippen LogP contribution in [0.25, 0.3) is 0 Å². The maximum Gasteiger partial charge on any atom is 0.165 e. The molecule has 1 aromatic carbocycles. The molecule has 0 saturated carbocycles. The normalized spacial score (nSPS) is 12.3. The van der Waals surface area contributed by atoms with E-state index in [1.807, 2.05) is 6.07 Å². The summed E-state index contributed by atoms with van der Waals surface area (Å²) in [7, 11) is 1.64. The number of methoxy groups -OCH3 is 1. The van der Waals surface area contributed by atoms with Crippen molar-refractivity contribution in [2.45, 2.75) is 33.7 Å². The molecular weight excluding hydrogens is 262 g/mol. The molecule has 1 unspecified atom stereocenters. The summed E-state index contributed by atoms with van der Waals surface area (Å²) >= 11 is 6.11. The molecule has 1 atom stereocenters. The second-order valence-electron chi connectivity index (χ2n) is 4.70. The van der Waals surface area contributed by atoms with Crippen molar-refractivity contribution in [2.24, 2.45) is 5.92 Å². The van der Waals surface area contributed by atoms with Crippen LogP contribution >= 0.6 is 11.6 Å². The topological polar surface area (TPSA) is 30.5 Å². The predicted molar refractivity (Wildman–Crippen MR) is 80.3 cm³/mol. The lowest BCUT2D eigenvalue weighted by atomic mass is 10.1. The predicted octanol–water partition coefficient (Wildman–Crippen LogP) is 3.88. The van der Waals surface area contributed by atoms with Gasteiger partial charge < -0.3 is 14.8 Å². The summed E-state index contributed by atoms with van der Waals surface area (Å²) in [5.74, 6) is 2.02. The van der Waals surface area contributed by atoms with Crippen LogP contribution < -0.4 is 14.8 Å². The van der Waals surface area contributed by atoms with Crippen LogP contribution in [-0.4, -0.2) is 20.3 Å². The van der Waals surface area contributed by atoms with Crippen molar-refractivity contribution in [2.75, 3.05) is 20.3 Å². The highest BCUT2D eigenvalue weighted by Crippen LogP contribution is 2.35. The van der Waals surface area contributed by atoms with Gasteiger partial charge in [-0.3, -0.25) is 0 Å². The van der Waals surface area contributed by atoms with Crippen LogP contribution in [0.5, 0.6) is 11.5 Å². The Balaban J connectivity index is 2.95. The fourth-order valence-electron chi connectivity index (χ4n) is 1.67. The number of benzene rings is 1. The molecule has 0 radical (unpaired) electrons. The molecule has 0 saturated heterocycles. The number of hydrogen-bond acceptors (Lipinski definition) is 3. The molecule has 0 amide bonds. The zero-order valence-electron chi connectivity index (χ0n) is 12.3. The van der Waals surface area contributed by atoms with E-state index in [9.17, 15) is 0 Å². The van der Waals surface area contributed by atoms with Gasteiger partial charge in [0.1, 0.15) is 0 Å². The maximum absolute atomic E-state index is 6.11. The SMILES string of the molecule is CCNCc1cc(Cl)cc(OC)c1OCC(C)CC. The average Bonchev–Trinajstić information content (AvgIpc) is 2.42. The third-order valence-electron chi connectivity index (χ3n) is 3.09. The molecule has 3 nitrogen and oxygen atoms in total. The lowest BCUT2D eigenvalue weighted by molar-refractivity contribution is 0.242. The van der Waals surface area contributed by atoms with Gasteiger partial charge in [-0.05, 0) is 18.5 Å². The monoisotopic (exact) mass is 285 g/mol. The smallest absolute Gasteiger partial charge is 0.165 e. The van der Waals surface area contributed by atoms with Gasteiger partial charge in [-0.25, -0.2) is 0 Å². The van der Waals surface area contributed by atoms with Crippen LogP contribution in [0, 0.1) is 5.92 Å². The minimum Gasteiger partial charge on any atom is -0.493 e. The van der Waals surface area contributed by atoms with Gasteiger partial charge in [0.25, 0.3) is 0 Å². The van der Waals surface area contributed by atoms with Crippen LogP contribution in [0.15, 0.2) is 12.1 Å². The zero-order valence-corrected chi connectivity index (χ0v) is 13.0. The van der Waals surface area contributed by atoms with E-state index in [1.54, 1.807) is 13.2 Å². The zero-order chi connectivity index (χ0) is 14.3. The van der Waals surface area contributed by atoms with Crippen molar-refractivity contribution in [1.29, 1.82) is 0 Å². The van der Waals surface area contributed by atoms with Crippen molar-refractivity contribution in [3.8, 4) is 11.5 Å². The highest BCUT2D eigenvalue weighted by atomic mass is 35.5. The Hall–Kier alpha value is -0.930. The van der Waals surface area contributed by atoms with Crippen LogP contribution in [0.2, 0.25) is 5.02 Å². The first kappa shape index (κ1) is 16.1. The van der Waals surface area contributed by atoms with E-state index in [1.165, 1.54) is 0 Å². The molecule has 0 fully saturated rings. The minimum atomic E-state index is 0.521. The Morgan fingerprint density at radius 1 is 1.32 bits per heavy atom. The Labute approximate surface area is 121 Å². The van der Waals surface area contributed by atoms with Crippen molar-refractivity contribution in [3.05, 3.63) is 22.7 Å². The van der Waals surface area contributed by atoms with Crippen molar-refractivity contribution in [3.63, 3.8) is 0 Å². The molecule has 0 aliphatic carbocycles. The summed E-state index contributed by atoms with van der Waals surface area (Å²) in [4.78, 5) is 0. The molecule has 0 bridgehead atoms. The van der Waals surface area contributed by atoms with Crippen LogP contribution in [-0.2, 0) is 6.54 Å². The molecule has 19 heavy (non-hydrogen) atoms. The summed E-state index contributed by atoms with van der Waals surface area (Å²) in [6.45, 7) is 8.72. The Morgan fingerprint density at radius 2 is 2.05 bits per heavy atom. The van der Waals surface area contributed by atoms with Crippen LogP contribution in [0.3, 0.4) is 0 Å². The lowest BCUT2D eigenvalue weighted by Gasteiger charge is -2.18. The number of rotatable bonds is 8. The van der Waals surface area contributed by atoms with Gasteiger partial charge in [-0.1, -0.05) is 38.8 Å². The van der Waals surface area contributed by atoms with Crippen LogP contribution in [0.1, 0.15) is 32.8 Å². The molecule has 0 spiro atoms. The minimum absolute atomic E-state index is 0.521. The van der Waals surface area contributed by atoms with Gasteiger partial charge in [0.2, 0.25) is 0 Å². The first-order valence-electron chi connectivity index (χ1n) is 6.82. The molecule has 1 aromatic rings. The lowest BCUT2D eigenvalue weighted by Crippen LogP contribution is -2.15. The fraction of sp³-hybridized carbons (Fsp3) is 0.600. The Morgan fingerprint density at radius 3 is 2.63 bits per heavy atom. The largest absolute Gasteiger partial charge is 0.493 e. The van der Waals surface area contributed by atoms with Gasteiger partial charge >= 0.3 is 0 Å². The first-order valence-corrected chi connectivity index (χ1v) is 7.20. The summed E-state index contributed by atoms with van der Waals surface area (Å²) in [5.41, 5.74) is 1.04. The van der Waals surface area contributed by atoms with Crippen molar-refractivity contribution < 1.29 is 9.47 Å². The molecule has 1 rings (SSSR count). The molecule has 4 heteroatoms. The Bertz CT molecular complexity index is 396. The first-order chi connectivity index (χ1) is 9.12. The van der Waals surface area contributed by atoms with Gasteiger partial charge in [0.05, 0.1) is 13.7 Å². The van der Waals surface area contributed by atoms with Gasteiger partial charge in [0, 0.05) is 23.2 Å². The van der Waals surface area contributed by atoms with E-state index in [0.717, 1.165) is 30.8 Å². The Kier molecular flexibility index (Phi) is 7.03. The van der Waals surface area contributed by atoms with Crippen molar-refractivity contribution >= 4 is 11.6 Å². The third-order valence-corrected chi connectivity index (χ3v) is 3.31. The number of ether oxygens (including phenoxy) is 2. The summed E-state index contributed by atoms with van der Waals surface area (Å²) in [6, 6.07) is 3.72. The summed E-state index contributed by atoms with van der Waals surface area (Å²) in [6.07, 6.45) is 1.10. The maximum atomic E-state index is 6.11. The van der Waals surface area contributed by atoms with E-state index >= 15 is 0 Å². The second kappa shape index (κ2) is 8.28. The van der Waals surface area contributed by atoms with Gasteiger partial charge in [-0.2, -0.15) is 0 Å². The van der Waals surface area contributed by atoms with Gasteiger partial charge in [-0.15, -0.1) is 0 Å².